The molecular formula is C14H18N4O3. The number of hydrogen-bond donors (Lipinski definition) is 2. The largest absolute Gasteiger partial charge is 0.346 e. The molecule has 0 bridgehead atoms. The van der Waals surface area contributed by atoms with E-state index < -0.39 is 11.9 Å². The molecule has 1 aliphatic rings. The summed E-state index contributed by atoms with van der Waals surface area (Å²) in [5.74, 6) is -0.556. The lowest BCUT2D eigenvalue weighted by atomic mass is 10.0. The van der Waals surface area contributed by atoms with Crippen molar-refractivity contribution in [2.75, 3.05) is 13.1 Å². The Morgan fingerprint density at radius 1 is 1.43 bits per heavy atom. The highest BCUT2D eigenvalue weighted by Crippen LogP contribution is 2.19. The summed E-state index contributed by atoms with van der Waals surface area (Å²) in [5, 5.41) is 5.00. The number of rotatable bonds is 5. The second kappa shape index (κ2) is 6.34. The van der Waals surface area contributed by atoms with Gasteiger partial charge in [0.25, 0.3) is 0 Å². The predicted octanol–water partition coefficient (Wildman–Crippen LogP) is 0.447. The van der Waals surface area contributed by atoms with Gasteiger partial charge in [-0.05, 0) is 18.1 Å². The lowest BCUT2D eigenvalue weighted by Crippen LogP contribution is -2.41. The summed E-state index contributed by atoms with van der Waals surface area (Å²) in [4.78, 5) is 40.0. The fraction of sp³-hybridized carbons (Fsp3) is 0.429. The molecule has 0 aromatic carbocycles. The first-order valence-electron chi connectivity index (χ1n) is 6.76. The van der Waals surface area contributed by atoms with Crippen molar-refractivity contribution >= 4 is 17.8 Å². The van der Waals surface area contributed by atoms with Gasteiger partial charge < -0.3 is 10.2 Å². The number of urea groups is 1. The van der Waals surface area contributed by atoms with Gasteiger partial charge in [-0.3, -0.25) is 19.9 Å². The highest BCUT2D eigenvalue weighted by molar-refractivity contribution is 6.03. The Balaban J connectivity index is 1.99. The van der Waals surface area contributed by atoms with Crippen LogP contribution in [0.2, 0.25) is 0 Å². The van der Waals surface area contributed by atoms with Crippen molar-refractivity contribution in [1.82, 2.24) is 20.5 Å². The minimum Gasteiger partial charge on any atom is -0.346 e. The number of pyridine rings is 1. The zero-order chi connectivity index (χ0) is 15.4. The first-order valence-corrected chi connectivity index (χ1v) is 6.76. The van der Waals surface area contributed by atoms with Gasteiger partial charge in [0.15, 0.2) is 0 Å². The van der Waals surface area contributed by atoms with Gasteiger partial charge in [0.1, 0.15) is 13.1 Å². The Kier molecular flexibility index (Phi) is 4.52. The second-order valence-corrected chi connectivity index (χ2v) is 5.25. The summed E-state index contributed by atoms with van der Waals surface area (Å²) < 4.78 is 0. The van der Waals surface area contributed by atoms with E-state index in [9.17, 15) is 14.4 Å². The molecule has 7 heteroatoms. The number of aromatic nitrogens is 1. The topological polar surface area (TPSA) is 91.4 Å². The SMILES string of the molecule is CC(C)C(NC(=O)CN1CC(=O)NC1=O)c1ccccn1. The number of nitrogens with zero attached hydrogens (tertiary/aromatic N) is 2. The molecule has 0 radical (unpaired) electrons. The van der Waals surface area contributed by atoms with Crippen molar-refractivity contribution in [3.8, 4) is 0 Å². The fourth-order valence-electron chi connectivity index (χ4n) is 2.15. The first kappa shape index (κ1) is 15.0. The lowest BCUT2D eigenvalue weighted by molar-refractivity contribution is -0.123. The van der Waals surface area contributed by atoms with Crippen molar-refractivity contribution in [3.63, 3.8) is 0 Å². The van der Waals surface area contributed by atoms with Crippen LogP contribution >= 0.6 is 0 Å². The molecule has 0 saturated carbocycles. The average Bonchev–Trinajstić information content (AvgIpc) is 2.75. The Bertz CT molecular complexity index is 544. The molecule has 21 heavy (non-hydrogen) atoms. The molecular weight excluding hydrogens is 272 g/mol. The van der Waals surface area contributed by atoms with Crippen LogP contribution in [0.15, 0.2) is 24.4 Å². The Morgan fingerprint density at radius 2 is 2.19 bits per heavy atom. The van der Waals surface area contributed by atoms with Crippen LogP contribution < -0.4 is 10.6 Å². The monoisotopic (exact) mass is 290 g/mol. The van der Waals surface area contributed by atoms with E-state index in [1.807, 2.05) is 32.0 Å². The number of nitrogens with one attached hydrogen (secondary N) is 2. The number of imide groups is 1. The van der Waals surface area contributed by atoms with Crippen LogP contribution in [-0.4, -0.2) is 40.8 Å². The van der Waals surface area contributed by atoms with Crippen molar-refractivity contribution < 1.29 is 14.4 Å². The molecule has 4 amide bonds. The number of carbonyl (C=O) groups excluding carboxylic acids is 3. The second-order valence-electron chi connectivity index (χ2n) is 5.25. The van der Waals surface area contributed by atoms with E-state index in [1.165, 1.54) is 4.90 Å². The molecule has 2 N–H and O–H groups in total. The quantitative estimate of drug-likeness (QED) is 0.770. The molecule has 1 aromatic rings. The molecule has 1 atom stereocenters. The van der Waals surface area contributed by atoms with E-state index in [2.05, 4.69) is 15.6 Å². The Morgan fingerprint density at radius 3 is 2.71 bits per heavy atom. The zero-order valence-electron chi connectivity index (χ0n) is 12.0. The van der Waals surface area contributed by atoms with Crippen LogP contribution in [0.4, 0.5) is 4.79 Å². The van der Waals surface area contributed by atoms with Crippen LogP contribution in [0, 0.1) is 5.92 Å². The highest BCUT2D eigenvalue weighted by Gasteiger charge is 2.29. The van der Waals surface area contributed by atoms with Crippen molar-refractivity contribution in [3.05, 3.63) is 30.1 Å². The summed E-state index contributed by atoms with van der Waals surface area (Å²) in [5.41, 5.74) is 0.766. The zero-order valence-corrected chi connectivity index (χ0v) is 12.0. The van der Waals surface area contributed by atoms with Gasteiger partial charge in [-0.1, -0.05) is 19.9 Å². The highest BCUT2D eigenvalue weighted by atomic mass is 16.2. The molecule has 2 heterocycles. The van der Waals surface area contributed by atoms with E-state index >= 15 is 0 Å². The molecule has 1 unspecified atom stereocenters. The standard InChI is InChI=1S/C14H18N4O3/c1-9(2)13(10-5-3-4-6-15-10)16-11(19)7-18-8-12(20)17-14(18)21/h3-6,9,13H,7-8H2,1-2H3,(H,16,19)(H,17,20,21). The van der Waals surface area contributed by atoms with Gasteiger partial charge >= 0.3 is 6.03 Å². The molecule has 1 aliphatic heterocycles. The summed E-state index contributed by atoms with van der Waals surface area (Å²) in [6, 6.07) is 4.74. The Labute approximate surface area is 122 Å². The van der Waals surface area contributed by atoms with Gasteiger partial charge in [0.2, 0.25) is 11.8 Å². The van der Waals surface area contributed by atoms with Gasteiger partial charge in [-0.25, -0.2) is 4.79 Å². The van der Waals surface area contributed by atoms with E-state index in [1.54, 1.807) is 6.20 Å². The minimum atomic E-state index is -0.533. The summed E-state index contributed by atoms with van der Waals surface area (Å²) in [6.07, 6.45) is 1.67. The van der Waals surface area contributed by atoms with E-state index in [4.69, 9.17) is 0 Å². The fourth-order valence-corrected chi connectivity index (χ4v) is 2.15. The van der Waals surface area contributed by atoms with Crippen LogP contribution in [0.5, 0.6) is 0 Å². The number of hydrogen-bond acceptors (Lipinski definition) is 4. The van der Waals surface area contributed by atoms with Crippen molar-refractivity contribution in [1.29, 1.82) is 0 Å². The molecule has 0 spiro atoms. The van der Waals surface area contributed by atoms with E-state index in [0.29, 0.717) is 0 Å². The third kappa shape index (κ3) is 3.77. The van der Waals surface area contributed by atoms with Gasteiger partial charge in [-0.2, -0.15) is 0 Å². The van der Waals surface area contributed by atoms with Crippen LogP contribution in [0.3, 0.4) is 0 Å². The maximum atomic E-state index is 12.1. The molecule has 112 valence electrons. The van der Waals surface area contributed by atoms with Gasteiger partial charge in [0, 0.05) is 6.20 Å². The molecule has 1 aromatic heterocycles. The molecule has 0 aliphatic carbocycles. The van der Waals surface area contributed by atoms with E-state index in [0.717, 1.165) is 5.69 Å². The maximum Gasteiger partial charge on any atom is 0.325 e. The number of amides is 4. The predicted molar refractivity (Wildman–Crippen MR) is 75.1 cm³/mol. The smallest absolute Gasteiger partial charge is 0.325 e. The van der Waals surface area contributed by atoms with Crippen molar-refractivity contribution in [2.24, 2.45) is 5.92 Å². The summed E-state index contributed by atoms with van der Waals surface area (Å²) in [7, 11) is 0. The first-order chi connectivity index (χ1) is 9.97. The Hall–Kier alpha value is -2.44. The van der Waals surface area contributed by atoms with Crippen LogP contribution in [0.1, 0.15) is 25.6 Å². The van der Waals surface area contributed by atoms with Crippen molar-refractivity contribution in [2.45, 2.75) is 19.9 Å². The minimum absolute atomic E-state index is 0.0812. The molecule has 7 nitrogen and oxygen atoms in total. The van der Waals surface area contributed by atoms with Gasteiger partial charge in [0.05, 0.1) is 11.7 Å². The van der Waals surface area contributed by atoms with E-state index in [-0.39, 0.29) is 31.0 Å². The normalized spacial score (nSPS) is 16.0. The number of carbonyl (C=O) groups is 3. The molecule has 1 saturated heterocycles. The maximum absolute atomic E-state index is 12.1. The van der Waals surface area contributed by atoms with Crippen LogP contribution in [-0.2, 0) is 9.59 Å². The molecule has 1 fully saturated rings. The average molecular weight is 290 g/mol. The van der Waals surface area contributed by atoms with Crippen LogP contribution in [0.25, 0.3) is 0 Å². The third-order valence-corrected chi connectivity index (χ3v) is 3.19. The lowest BCUT2D eigenvalue weighted by Gasteiger charge is -2.23. The summed E-state index contributed by atoms with van der Waals surface area (Å²) >= 11 is 0. The third-order valence-electron chi connectivity index (χ3n) is 3.19. The van der Waals surface area contributed by atoms with Gasteiger partial charge in [-0.15, -0.1) is 0 Å². The molecule has 2 rings (SSSR count). The summed E-state index contributed by atoms with van der Waals surface area (Å²) in [6.45, 7) is 3.73.